The Bertz CT molecular complexity index is 1420. The van der Waals surface area contributed by atoms with Gasteiger partial charge in [0.15, 0.2) is 0 Å². The van der Waals surface area contributed by atoms with Crippen LogP contribution in [-0.4, -0.2) is 43.5 Å². The highest BCUT2D eigenvalue weighted by Crippen LogP contribution is 2.26. The molecule has 1 atom stereocenters. The summed E-state index contributed by atoms with van der Waals surface area (Å²) in [6, 6.07) is 22.9. The number of methoxy groups -OCH3 is 1. The number of nitrogens with one attached hydrogen (secondary N) is 3. The number of aromatic amines is 1. The molecule has 0 aliphatic heterocycles. The maximum Gasteiger partial charge on any atom is 0.328 e. The second kappa shape index (κ2) is 11.0. The smallest absolute Gasteiger partial charge is 0.328 e. The first-order valence-corrected chi connectivity index (χ1v) is 12.8. The van der Waals surface area contributed by atoms with Crippen LogP contribution in [0, 0.1) is 6.92 Å². The lowest BCUT2D eigenvalue weighted by Crippen LogP contribution is -2.41. The van der Waals surface area contributed by atoms with Gasteiger partial charge in [0.05, 0.1) is 23.4 Å². The van der Waals surface area contributed by atoms with Crippen molar-refractivity contribution < 1.29 is 17.9 Å². The number of sulfonamides is 1. The molecule has 10 heteroatoms. The minimum Gasteiger partial charge on any atom is -0.497 e. The molecule has 0 radical (unpaired) electrons. The summed E-state index contributed by atoms with van der Waals surface area (Å²) in [7, 11) is -2.40. The quantitative estimate of drug-likeness (QED) is 0.319. The van der Waals surface area contributed by atoms with Crippen LogP contribution >= 0.6 is 0 Å². The molecule has 0 saturated heterocycles. The van der Waals surface area contributed by atoms with Crippen molar-refractivity contribution in [3.8, 4) is 5.75 Å². The summed E-state index contributed by atoms with van der Waals surface area (Å²) in [5.74, 6) is 0.407. The van der Waals surface area contributed by atoms with Crippen molar-refractivity contribution in [2.45, 2.75) is 24.2 Å². The summed E-state index contributed by atoms with van der Waals surface area (Å²) in [6.07, 6.45) is 0.545. The van der Waals surface area contributed by atoms with Crippen LogP contribution in [0.15, 0.2) is 83.8 Å². The van der Waals surface area contributed by atoms with Gasteiger partial charge in [0, 0.05) is 18.9 Å². The zero-order valence-corrected chi connectivity index (χ0v) is 20.7. The van der Waals surface area contributed by atoms with Crippen molar-refractivity contribution in [1.29, 1.82) is 0 Å². The molecular weight excluding hydrogens is 478 g/mol. The van der Waals surface area contributed by atoms with Gasteiger partial charge in [0.25, 0.3) is 10.0 Å². The van der Waals surface area contributed by atoms with Gasteiger partial charge in [0.2, 0.25) is 0 Å². The minimum atomic E-state index is -4.02. The molecule has 2 amide bonds. The monoisotopic (exact) mass is 505 g/mol. The molecule has 0 saturated carbocycles. The topological polar surface area (TPSA) is 126 Å². The minimum absolute atomic E-state index is 0.0537. The number of aromatic nitrogens is 3. The molecule has 0 bridgehead atoms. The van der Waals surface area contributed by atoms with E-state index in [9.17, 15) is 13.2 Å². The first-order chi connectivity index (χ1) is 17.4. The lowest BCUT2D eigenvalue weighted by atomic mass is 9.92. The summed E-state index contributed by atoms with van der Waals surface area (Å²) in [5.41, 5.74) is 3.95. The fourth-order valence-corrected chi connectivity index (χ4v) is 5.11. The predicted molar refractivity (Wildman–Crippen MR) is 135 cm³/mol. The van der Waals surface area contributed by atoms with E-state index in [2.05, 4.69) is 25.4 Å². The van der Waals surface area contributed by atoms with Crippen molar-refractivity contribution in [2.75, 3.05) is 13.7 Å². The molecule has 4 rings (SSSR count). The third-order valence-electron chi connectivity index (χ3n) is 5.80. The highest BCUT2D eigenvalue weighted by molar-refractivity contribution is 7.90. The number of carbonyl (C=O) groups excluding carboxylic acids is 1. The lowest BCUT2D eigenvalue weighted by molar-refractivity contribution is 0.245. The average molecular weight is 506 g/mol. The summed E-state index contributed by atoms with van der Waals surface area (Å²) in [5, 5.41) is 14.0. The summed E-state index contributed by atoms with van der Waals surface area (Å²) >= 11 is 0. The standard InChI is InChI=1S/C26H27N5O4S/c1-18-8-6-7-11-24(18)36(33,34)30-26(32)27-17-22(20-9-4-3-5-10-20)25-23(28-31-29-25)16-19-12-14-21(35-2)15-13-19/h3-15,22H,16-17H2,1-2H3,(H2,27,30,32)(H,28,29,31). The van der Waals surface area contributed by atoms with E-state index in [4.69, 9.17) is 4.74 Å². The number of hydrogen-bond acceptors (Lipinski definition) is 6. The molecular formula is C26H27N5O4S. The van der Waals surface area contributed by atoms with E-state index < -0.39 is 16.1 Å². The van der Waals surface area contributed by atoms with Gasteiger partial charge in [0.1, 0.15) is 5.75 Å². The normalized spacial score (nSPS) is 12.1. The molecule has 0 aliphatic carbocycles. The Morgan fingerprint density at radius 1 is 1.00 bits per heavy atom. The fraction of sp³-hybridized carbons (Fsp3) is 0.192. The van der Waals surface area contributed by atoms with Crippen molar-refractivity contribution in [3.63, 3.8) is 0 Å². The van der Waals surface area contributed by atoms with Crippen molar-refractivity contribution in [2.24, 2.45) is 0 Å². The number of nitrogens with zero attached hydrogens (tertiary/aromatic N) is 2. The molecule has 0 aliphatic rings. The van der Waals surface area contributed by atoms with E-state index in [1.807, 2.05) is 54.6 Å². The Balaban J connectivity index is 1.53. The molecule has 3 aromatic carbocycles. The number of aryl methyl sites for hydroxylation is 1. The molecule has 0 fully saturated rings. The molecule has 0 spiro atoms. The van der Waals surface area contributed by atoms with E-state index in [1.165, 1.54) is 6.07 Å². The Kier molecular flexibility index (Phi) is 7.65. The molecule has 9 nitrogen and oxygen atoms in total. The zero-order valence-electron chi connectivity index (χ0n) is 19.9. The van der Waals surface area contributed by atoms with Crippen LogP contribution in [-0.2, 0) is 16.4 Å². The number of hydrogen-bond donors (Lipinski definition) is 3. The van der Waals surface area contributed by atoms with Gasteiger partial charge >= 0.3 is 6.03 Å². The van der Waals surface area contributed by atoms with Crippen LogP contribution in [0.4, 0.5) is 4.79 Å². The van der Waals surface area contributed by atoms with E-state index in [1.54, 1.807) is 32.2 Å². The third-order valence-corrected chi connectivity index (χ3v) is 7.29. The lowest BCUT2D eigenvalue weighted by Gasteiger charge is -2.18. The number of benzene rings is 3. The van der Waals surface area contributed by atoms with Crippen LogP contribution in [0.25, 0.3) is 0 Å². The number of H-pyrrole nitrogens is 1. The van der Waals surface area contributed by atoms with Gasteiger partial charge in [-0.1, -0.05) is 65.9 Å². The molecule has 3 N–H and O–H groups in total. The van der Waals surface area contributed by atoms with Gasteiger partial charge in [-0.2, -0.15) is 0 Å². The summed E-state index contributed by atoms with van der Waals surface area (Å²) in [6.45, 7) is 1.79. The number of ether oxygens (including phenoxy) is 1. The van der Waals surface area contributed by atoms with Gasteiger partial charge in [-0.05, 0) is 41.8 Å². The Hall–Kier alpha value is -4.18. The van der Waals surface area contributed by atoms with Crippen molar-refractivity contribution in [3.05, 3.63) is 107 Å². The number of urea groups is 1. The summed E-state index contributed by atoms with van der Waals surface area (Å²) in [4.78, 5) is 12.7. The highest BCUT2D eigenvalue weighted by atomic mass is 32.2. The zero-order chi connectivity index (χ0) is 25.5. The van der Waals surface area contributed by atoms with E-state index in [0.29, 0.717) is 17.7 Å². The Morgan fingerprint density at radius 2 is 1.69 bits per heavy atom. The molecule has 186 valence electrons. The first kappa shape index (κ1) is 24.9. The second-order valence-corrected chi connectivity index (χ2v) is 9.90. The van der Waals surface area contributed by atoms with Crippen LogP contribution in [0.2, 0.25) is 0 Å². The van der Waals surface area contributed by atoms with Crippen LogP contribution in [0.3, 0.4) is 0 Å². The highest BCUT2D eigenvalue weighted by Gasteiger charge is 2.24. The molecule has 1 unspecified atom stereocenters. The Labute approximate surface area is 210 Å². The van der Waals surface area contributed by atoms with Crippen LogP contribution in [0.5, 0.6) is 5.75 Å². The second-order valence-electron chi connectivity index (χ2n) is 8.24. The van der Waals surface area contributed by atoms with Crippen LogP contribution < -0.4 is 14.8 Å². The SMILES string of the molecule is COc1ccc(Cc2[nH]nnc2C(CNC(=O)NS(=O)(=O)c2ccccc2C)c2ccccc2)cc1. The van der Waals surface area contributed by atoms with Gasteiger partial charge in [-0.3, -0.25) is 5.10 Å². The first-order valence-electron chi connectivity index (χ1n) is 11.3. The fourth-order valence-electron chi connectivity index (χ4n) is 3.94. The molecule has 36 heavy (non-hydrogen) atoms. The molecule has 4 aromatic rings. The van der Waals surface area contributed by atoms with E-state index in [-0.39, 0.29) is 17.4 Å². The number of rotatable bonds is 9. The third kappa shape index (κ3) is 5.89. The van der Waals surface area contributed by atoms with E-state index >= 15 is 0 Å². The maximum atomic E-state index is 12.7. The number of amides is 2. The molecule has 1 aromatic heterocycles. The van der Waals surface area contributed by atoms with E-state index in [0.717, 1.165) is 22.6 Å². The van der Waals surface area contributed by atoms with Crippen LogP contribution in [0.1, 0.15) is 34.0 Å². The van der Waals surface area contributed by atoms with Gasteiger partial charge < -0.3 is 10.1 Å². The maximum absolute atomic E-state index is 12.7. The Morgan fingerprint density at radius 3 is 2.39 bits per heavy atom. The van der Waals surface area contributed by atoms with Crippen molar-refractivity contribution in [1.82, 2.24) is 25.4 Å². The average Bonchev–Trinajstić information content (AvgIpc) is 3.33. The van der Waals surface area contributed by atoms with Crippen molar-refractivity contribution >= 4 is 16.1 Å². The van der Waals surface area contributed by atoms with Gasteiger partial charge in [-0.15, -0.1) is 5.10 Å². The molecule has 1 heterocycles. The summed E-state index contributed by atoms with van der Waals surface area (Å²) < 4.78 is 32.7. The largest absolute Gasteiger partial charge is 0.497 e. The predicted octanol–water partition coefficient (Wildman–Crippen LogP) is 3.53. The number of carbonyl (C=O) groups is 1. The van der Waals surface area contributed by atoms with Gasteiger partial charge in [-0.25, -0.2) is 17.9 Å².